The average molecular weight is 459 g/mol. The van der Waals surface area contributed by atoms with Gasteiger partial charge in [-0.15, -0.1) is 0 Å². The molecule has 2 aliphatic heterocycles. The number of amides is 1. The summed E-state index contributed by atoms with van der Waals surface area (Å²) >= 11 is 0. The van der Waals surface area contributed by atoms with Gasteiger partial charge in [-0.3, -0.25) is 9.52 Å². The second-order valence-electron chi connectivity index (χ2n) is 8.19. The third-order valence-corrected chi connectivity index (χ3v) is 7.39. The number of rotatable bonds is 7. The van der Waals surface area contributed by atoms with Crippen LogP contribution in [0.4, 0.5) is 11.4 Å². The number of aryl methyl sites for hydroxylation is 1. The van der Waals surface area contributed by atoms with Gasteiger partial charge in [-0.2, -0.15) is 0 Å². The van der Waals surface area contributed by atoms with Crippen LogP contribution in [0.5, 0.6) is 0 Å². The highest BCUT2D eigenvalue weighted by molar-refractivity contribution is 7.92. The maximum Gasteiger partial charge on any atom is 0.262 e. The Morgan fingerprint density at radius 3 is 2.69 bits per heavy atom. The van der Waals surface area contributed by atoms with Crippen molar-refractivity contribution in [3.05, 3.63) is 53.6 Å². The lowest BCUT2D eigenvalue weighted by molar-refractivity contribution is 0.0858. The minimum absolute atomic E-state index is 0.0318. The molecule has 1 atom stereocenters. The molecule has 0 saturated carbocycles. The number of piperazine rings is 1. The molecule has 1 unspecified atom stereocenters. The molecule has 1 amide bonds. The highest BCUT2D eigenvalue weighted by atomic mass is 32.2. The van der Waals surface area contributed by atoms with Crippen molar-refractivity contribution in [3.8, 4) is 0 Å². The largest absolute Gasteiger partial charge is 0.376 e. The molecule has 0 radical (unpaired) electrons. The van der Waals surface area contributed by atoms with E-state index < -0.39 is 10.0 Å². The topological polar surface area (TPSA) is 99.8 Å². The Morgan fingerprint density at radius 2 is 1.97 bits per heavy atom. The van der Waals surface area contributed by atoms with Crippen molar-refractivity contribution in [2.45, 2.75) is 30.8 Å². The molecule has 2 saturated heterocycles. The Bertz CT molecular complexity index is 1060. The van der Waals surface area contributed by atoms with Crippen molar-refractivity contribution in [1.82, 2.24) is 10.6 Å². The first kappa shape index (κ1) is 22.6. The minimum atomic E-state index is -3.77. The van der Waals surface area contributed by atoms with Crippen LogP contribution in [0.25, 0.3) is 0 Å². The third-order valence-electron chi connectivity index (χ3n) is 5.85. The summed E-state index contributed by atoms with van der Waals surface area (Å²) in [4.78, 5) is 15.5. The van der Waals surface area contributed by atoms with Crippen LogP contribution in [0.1, 0.15) is 28.8 Å². The highest BCUT2D eigenvalue weighted by Crippen LogP contribution is 2.27. The maximum absolute atomic E-state index is 13.1. The van der Waals surface area contributed by atoms with Gasteiger partial charge in [0.2, 0.25) is 0 Å². The minimum Gasteiger partial charge on any atom is -0.376 e. The molecular weight excluding hydrogens is 428 g/mol. The first-order chi connectivity index (χ1) is 15.4. The molecule has 0 bridgehead atoms. The van der Waals surface area contributed by atoms with Gasteiger partial charge in [0.05, 0.1) is 16.6 Å². The van der Waals surface area contributed by atoms with Crippen molar-refractivity contribution in [1.29, 1.82) is 0 Å². The quantitative estimate of drug-likeness (QED) is 0.588. The van der Waals surface area contributed by atoms with Crippen LogP contribution >= 0.6 is 0 Å². The van der Waals surface area contributed by atoms with Gasteiger partial charge in [0.1, 0.15) is 0 Å². The number of anilines is 2. The summed E-state index contributed by atoms with van der Waals surface area (Å²) in [6.45, 7) is 6.14. The number of hydrogen-bond donors (Lipinski definition) is 3. The van der Waals surface area contributed by atoms with Gasteiger partial charge in [0.25, 0.3) is 15.9 Å². The summed E-state index contributed by atoms with van der Waals surface area (Å²) in [5.74, 6) is -0.231. The van der Waals surface area contributed by atoms with Gasteiger partial charge in [0.15, 0.2) is 0 Å². The number of ether oxygens (including phenoxy) is 1. The summed E-state index contributed by atoms with van der Waals surface area (Å²) in [6.07, 6.45) is 1.97. The molecule has 2 fully saturated rings. The zero-order valence-corrected chi connectivity index (χ0v) is 19.1. The predicted molar refractivity (Wildman–Crippen MR) is 125 cm³/mol. The van der Waals surface area contributed by atoms with Gasteiger partial charge in [0, 0.05) is 50.7 Å². The first-order valence-electron chi connectivity index (χ1n) is 11.0. The van der Waals surface area contributed by atoms with Crippen molar-refractivity contribution in [2.75, 3.05) is 49.0 Å². The SMILES string of the molecule is Cc1ccccc1S(=O)(=O)Nc1ccc(N2CCNCC2)c(C(=O)NCC2CCCO2)c1. The van der Waals surface area contributed by atoms with Crippen LogP contribution in [0.15, 0.2) is 47.4 Å². The fraction of sp³-hybridized carbons (Fsp3) is 0.435. The Labute approximate surface area is 189 Å². The van der Waals surface area contributed by atoms with E-state index in [4.69, 9.17) is 4.74 Å². The molecule has 2 aromatic rings. The van der Waals surface area contributed by atoms with Crippen molar-refractivity contribution < 1.29 is 17.9 Å². The second kappa shape index (κ2) is 9.89. The predicted octanol–water partition coefficient (Wildman–Crippen LogP) is 2.11. The molecule has 2 heterocycles. The zero-order valence-electron chi connectivity index (χ0n) is 18.3. The summed E-state index contributed by atoms with van der Waals surface area (Å²) in [5, 5.41) is 6.28. The van der Waals surface area contributed by atoms with Crippen LogP contribution in [-0.4, -0.2) is 59.8 Å². The van der Waals surface area contributed by atoms with Gasteiger partial charge < -0.3 is 20.3 Å². The Balaban J connectivity index is 1.60. The maximum atomic E-state index is 13.1. The Hall–Kier alpha value is -2.62. The van der Waals surface area contributed by atoms with Gasteiger partial charge in [-0.1, -0.05) is 18.2 Å². The molecule has 4 rings (SSSR count). The van der Waals surface area contributed by atoms with Crippen molar-refractivity contribution >= 4 is 27.3 Å². The molecule has 2 aliphatic rings. The van der Waals surface area contributed by atoms with Gasteiger partial charge in [-0.25, -0.2) is 8.42 Å². The highest BCUT2D eigenvalue weighted by Gasteiger charge is 2.23. The van der Waals surface area contributed by atoms with Crippen LogP contribution in [-0.2, 0) is 14.8 Å². The van der Waals surface area contributed by atoms with E-state index in [0.29, 0.717) is 23.4 Å². The number of sulfonamides is 1. The number of carbonyl (C=O) groups is 1. The molecule has 3 N–H and O–H groups in total. The molecule has 8 nitrogen and oxygen atoms in total. The van der Waals surface area contributed by atoms with Gasteiger partial charge in [-0.05, 0) is 49.6 Å². The summed E-state index contributed by atoms with van der Waals surface area (Å²) in [5.41, 5.74) is 2.27. The van der Waals surface area contributed by atoms with E-state index in [9.17, 15) is 13.2 Å². The smallest absolute Gasteiger partial charge is 0.262 e. The molecule has 0 aromatic heterocycles. The van der Waals surface area contributed by atoms with Gasteiger partial charge >= 0.3 is 0 Å². The summed E-state index contributed by atoms with van der Waals surface area (Å²) in [6, 6.07) is 12.0. The van der Waals surface area contributed by atoms with Crippen molar-refractivity contribution in [3.63, 3.8) is 0 Å². The normalized spacial score (nSPS) is 19.0. The molecule has 0 spiro atoms. The van der Waals surface area contributed by atoms with E-state index >= 15 is 0 Å². The fourth-order valence-corrected chi connectivity index (χ4v) is 5.43. The van der Waals surface area contributed by atoms with E-state index in [0.717, 1.165) is 51.3 Å². The summed E-state index contributed by atoms with van der Waals surface area (Å²) < 4.78 is 34.1. The van der Waals surface area contributed by atoms with Crippen LogP contribution in [0, 0.1) is 6.92 Å². The van der Waals surface area contributed by atoms with E-state index in [1.807, 2.05) is 6.07 Å². The zero-order chi connectivity index (χ0) is 22.6. The number of hydrogen-bond acceptors (Lipinski definition) is 6. The number of nitrogens with zero attached hydrogens (tertiary/aromatic N) is 1. The van der Waals surface area contributed by atoms with E-state index in [1.165, 1.54) is 0 Å². The lowest BCUT2D eigenvalue weighted by Gasteiger charge is -2.31. The lowest BCUT2D eigenvalue weighted by Crippen LogP contribution is -2.44. The number of nitrogens with one attached hydrogen (secondary N) is 3. The molecule has 2 aromatic carbocycles. The third kappa shape index (κ3) is 5.23. The van der Waals surface area contributed by atoms with E-state index in [1.54, 1.807) is 43.3 Å². The summed E-state index contributed by atoms with van der Waals surface area (Å²) in [7, 11) is -3.77. The monoisotopic (exact) mass is 458 g/mol. The Morgan fingerprint density at radius 1 is 1.19 bits per heavy atom. The van der Waals surface area contributed by atoms with Crippen LogP contribution in [0.2, 0.25) is 0 Å². The van der Waals surface area contributed by atoms with Crippen LogP contribution < -0.4 is 20.3 Å². The van der Waals surface area contributed by atoms with Crippen LogP contribution in [0.3, 0.4) is 0 Å². The molecule has 172 valence electrons. The van der Waals surface area contributed by atoms with Crippen molar-refractivity contribution in [2.24, 2.45) is 0 Å². The Kier molecular flexibility index (Phi) is 6.98. The standard InChI is InChI=1S/C23H30N4O4S/c1-17-5-2-3-7-22(17)32(29,30)26-18-8-9-21(27-12-10-24-11-13-27)20(15-18)23(28)25-16-19-6-4-14-31-19/h2-3,5,7-9,15,19,24,26H,4,6,10-14,16H2,1H3,(H,25,28). The van der Waals surface area contributed by atoms with E-state index in [2.05, 4.69) is 20.3 Å². The molecule has 0 aliphatic carbocycles. The average Bonchev–Trinajstić information content (AvgIpc) is 3.32. The lowest BCUT2D eigenvalue weighted by atomic mass is 10.1. The first-order valence-corrected chi connectivity index (χ1v) is 12.5. The number of carbonyl (C=O) groups excluding carboxylic acids is 1. The molecule has 32 heavy (non-hydrogen) atoms. The molecule has 9 heteroatoms. The van der Waals surface area contributed by atoms with E-state index in [-0.39, 0.29) is 16.9 Å². The number of benzene rings is 2. The second-order valence-corrected chi connectivity index (χ2v) is 9.84. The fourth-order valence-electron chi connectivity index (χ4n) is 4.14. The molecular formula is C23H30N4O4S.